The van der Waals surface area contributed by atoms with Crippen LogP contribution in [0.25, 0.3) is 0 Å². The highest BCUT2D eigenvalue weighted by atomic mass is 16.2. The summed E-state index contributed by atoms with van der Waals surface area (Å²) >= 11 is 0. The van der Waals surface area contributed by atoms with E-state index in [4.69, 9.17) is 0 Å². The van der Waals surface area contributed by atoms with Crippen molar-refractivity contribution in [1.82, 2.24) is 14.9 Å². The zero-order valence-corrected chi connectivity index (χ0v) is 16.6. The number of amides is 1. The van der Waals surface area contributed by atoms with Crippen LogP contribution in [0.2, 0.25) is 0 Å². The van der Waals surface area contributed by atoms with E-state index in [0.717, 1.165) is 24.3 Å². The number of nitrogens with one attached hydrogen (secondary N) is 1. The van der Waals surface area contributed by atoms with Crippen LogP contribution in [0.1, 0.15) is 21.5 Å². The predicted molar refractivity (Wildman–Crippen MR) is 115 cm³/mol. The molecule has 2 aromatic heterocycles. The summed E-state index contributed by atoms with van der Waals surface area (Å²) in [5.41, 5.74) is 5.00. The fraction of sp³-hybridized carbons (Fsp3) is 0.261. The van der Waals surface area contributed by atoms with E-state index in [1.54, 1.807) is 18.6 Å². The number of aryl methyl sites for hydroxylation is 1. The Labute approximate surface area is 171 Å². The number of carbonyl (C=O) groups is 1. The summed E-state index contributed by atoms with van der Waals surface area (Å²) in [6, 6.07) is 14.3. The second-order valence-electron chi connectivity index (χ2n) is 7.30. The van der Waals surface area contributed by atoms with Crippen LogP contribution in [0.3, 0.4) is 0 Å². The number of benzene rings is 1. The van der Waals surface area contributed by atoms with Gasteiger partial charge < -0.3 is 15.1 Å². The van der Waals surface area contributed by atoms with Crippen molar-refractivity contribution in [2.75, 3.05) is 36.4 Å². The molecule has 29 heavy (non-hydrogen) atoms. The van der Waals surface area contributed by atoms with Gasteiger partial charge in [-0.1, -0.05) is 18.2 Å². The lowest BCUT2D eigenvalue weighted by Crippen LogP contribution is -2.48. The number of rotatable bonds is 5. The topological polar surface area (TPSA) is 61.4 Å². The third-order valence-electron chi connectivity index (χ3n) is 5.14. The number of piperazine rings is 1. The number of pyridine rings is 2. The molecular weight excluding hydrogens is 362 g/mol. The lowest BCUT2D eigenvalue weighted by Gasteiger charge is -2.36. The molecule has 0 unspecified atom stereocenters. The molecular formula is C23H25N5O. The van der Waals surface area contributed by atoms with Gasteiger partial charge in [0.15, 0.2) is 0 Å². The molecule has 6 nitrogen and oxygen atoms in total. The number of anilines is 2. The summed E-state index contributed by atoms with van der Waals surface area (Å²) in [4.78, 5) is 25.6. The minimum Gasteiger partial charge on any atom is -0.380 e. The van der Waals surface area contributed by atoms with Gasteiger partial charge in [0.2, 0.25) is 0 Å². The molecule has 0 radical (unpaired) electrons. The largest absolute Gasteiger partial charge is 0.380 e. The smallest absolute Gasteiger partial charge is 0.255 e. The molecule has 0 atom stereocenters. The summed E-state index contributed by atoms with van der Waals surface area (Å²) in [5, 5.41) is 3.31. The standard InChI is InChI=1S/C23H25N5O/c1-18-4-2-6-22(12-18)27-8-10-28(11-9-27)23(29)20-13-21(17-25-16-20)26-15-19-5-3-7-24-14-19/h2-7,12-14,16-17,26H,8-11,15H2,1H3. The highest BCUT2D eigenvalue weighted by Gasteiger charge is 2.22. The molecule has 4 rings (SSSR count). The van der Waals surface area contributed by atoms with Gasteiger partial charge in [0.05, 0.1) is 11.3 Å². The lowest BCUT2D eigenvalue weighted by atomic mass is 10.1. The Morgan fingerprint density at radius 2 is 1.86 bits per heavy atom. The van der Waals surface area contributed by atoms with E-state index in [0.29, 0.717) is 25.2 Å². The minimum absolute atomic E-state index is 0.0337. The van der Waals surface area contributed by atoms with E-state index in [9.17, 15) is 4.79 Å². The first kappa shape index (κ1) is 18.9. The van der Waals surface area contributed by atoms with Crippen molar-refractivity contribution in [3.63, 3.8) is 0 Å². The highest BCUT2D eigenvalue weighted by molar-refractivity contribution is 5.95. The first-order valence-corrected chi connectivity index (χ1v) is 9.88. The zero-order valence-electron chi connectivity index (χ0n) is 16.6. The molecule has 3 heterocycles. The second kappa shape index (κ2) is 8.73. The normalized spacial score (nSPS) is 14.0. The van der Waals surface area contributed by atoms with Gasteiger partial charge in [0.1, 0.15) is 0 Å². The number of aromatic nitrogens is 2. The van der Waals surface area contributed by atoms with E-state index in [1.807, 2.05) is 29.3 Å². The quantitative estimate of drug-likeness (QED) is 0.727. The Balaban J connectivity index is 1.36. The summed E-state index contributed by atoms with van der Waals surface area (Å²) in [7, 11) is 0. The molecule has 1 N–H and O–H groups in total. The van der Waals surface area contributed by atoms with Crippen LogP contribution >= 0.6 is 0 Å². The van der Waals surface area contributed by atoms with Crippen LogP contribution in [0, 0.1) is 6.92 Å². The fourth-order valence-electron chi connectivity index (χ4n) is 3.54. The van der Waals surface area contributed by atoms with Crippen LogP contribution in [-0.4, -0.2) is 47.0 Å². The average Bonchev–Trinajstić information content (AvgIpc) is 2.78. The number of hydrogen-bond acceptors (Lipinski definition) is 5. The van der Waals surface area contributed by atoms with Gasteiger partial charge in [0, 0.05) is 63.2 Å². The Morgan fingerprint density at radius 3 is 2.62 bits per heavy atom. The molecule has 0 bridgehead atoms. The maximum Gasteiger partial charge on any atom is 0.255 e. The minimum atomic E-state index is 0.0337. The van der Waals surface area contributed by atoms with Crippen molar-refractivity contribution >= 4 is 17.3 Å². The number of nitrogens with zero attached hydrogens (tertiary/aromatic N) is 4. The van der Waals surface area contributed by atoms with E-state index in [-0.39, 0.29) is 5.91 Å². The van der Waals surface area contributed by atoms with Crippen molar-refractivity contribution in [1.29, 1.82) is 0 Å². The molecule has 0 spiro atoms. The molecule has 3 aromatic rings. The second-order valence-corrected chi connectivity index (χ2v) is 7.30. The van der Waals surface area contributed by atoms with Crippen LogP contribution in [-0.2, 0) is 6.54 Å². The van der Waals surface area contributed by atoms with Gasteiger partial charge in [-0.2, -0.15) is 0 Å². The number of carbonyl (C=O) groups excluding carboxylic acids is 1. The number of hydrogen-bond donors (Lipinski definition) is 1. The van der Waals surface area contributed by atoms with Crippen LogP contribution in [0.5, 0.6) is 0 Å². The van der Waals surface area contributed by atoms with Gasteiger partial charge in [0.25, 0.3) is 5.91 Å². The van der Waals surface area contributed by atoms with Gasteiger partial charge in [-0.25, -0.2) is 0 Å². The Morgan fingerprint density at radius 1 is 1.00 bits per heavy atom. The first-order chi connectivity index (χ1) is 14.2. The maximum absolute atomic E-state index is 13.0. The van der Waals surface area contributed by atoms with E-state index in [1.165, 1.54) is 11.3 Å². The van der Waals surface area contributed by atoms with Crippen molar-refractivity contribution in [2.24, 2.45) is 0 Å². The molecule has 1 amide bonds. The third-order valence-corrected chi connectivity index (χ3v) is 5.14. The summed E-state index contributed by atoms with van der Waals surface area (Å²) in [6.45, 7) is 5.83. The molecule has 1 saturated heterocycles. The Kier molecular flexibility index (Phi) is 5.70. The van der Waals surface area contributed by atoms with Crippen molar-refractivity contribution in [3.05, 3.63) is 83.9 Å². The van der Waals surface area contributed by atoms with E-state index >= 15 is 0 Å². The first-order valence-electron chi connectivity index (χ1n) is 9.88. The molecule has 1 aliphatic rings. The molecule has 6 heteroatoms. The summed E-state index contributed by atoms with van der Waals surface area (Å²) < 4.78 is 0. The predicted octanol–water partition coefficient (Wildman–Crippen LogP) is 3.36. The van der Waals surface area contributed by atoms with E-state index in [2.05, 4.69) is 51.4 Å². The van der Waals surface area contributed by atoms with E-state index < -0.39 is 0 Å². The Bertz CT molecular complexity index is 968. The van der Waals surface area contributed by atoms with Gasteiger partial charge in [-0.05, 0) is 42.3 Å². The molecule has 0 saturated carbocycles. The van der Waals surface area contributed by atoms with Gasteiger partial charge >= 0.3 is 0 Å². The summed E-state index contributed by atoms with van der Waals surface area (Å²) in [5.74, 6) is 0.0337. The van der Waals surface area contributed by atoms with Gasteiger partial charge in [-0.3, -0.25) is 14.8 Å². The summed E-state index contributed by atoms with van der Waals surface area (Å²) in [6.07, 6.45) is 6.96. The molecule has 148 valence electrons. The van der Waals surface area contributed by atoms with Crippen LogP contribution < -0.4 is 10.2 Å². The monoisotopic (exact) mass is 387 g/mol. The SMILES string of the molecule is Cc1cccc(N2CCN(C(=O)c3cncc(NCc4cccnc4)c3)CC2)c1. The van der Waals surface area contributed by atoms with Gasteiger partial charge in [-0.15, -0.1) is 0 Å². The lowest BCUT2D eigenvalue weighted by molar-refractivity contribution is 0.0746. The molecule has 1 aromatic carbocycles. The molecule has 0 aliphatic carbocycles. The van der Waals surface area contributed by atoms with Crippen molar-refractivity contribution < 1.29 is 4.79 Å². The van der Waals surface area contributed by atoms with Crippen molar-refractivity contribution in [2.45, 2.75) is 13.5 Å². The highest BCUT2D eigenvalue weighted by Crippen LogP contribution is 2.19. The van der Waals surface area contributed by atoms with Crippen LogP contribution in [0.15, 0.2) is 67.3 Å². The fourth-order valence-corrected chi connectivity index (χ4v) is 3.54. The van der Waals surface area contributed by atoms with Crippen LogP contribution in [0.4, 0.5) is 11.4 Å². The zero-order chi connectivity index (χ0) is 20.1. The third kappa shape index (κ3) is 4.71. The average molecular weight is 387 g/mol. The molecule has 1 aliphatic heterocycles. The maximum atomic E-state index is 13.0. The van der Waals surface area contributed by atoms with Crippen molar-refractivity contribution in [3.8, 4) is 0 Å². The Hall–Kier alpha value is -3.41. The molecule has 1 fully saturated rings.